The van der Waals surface area contributed by atoms with Crippen LogP contribution in [-0.4, -0.2) is 54.1 Å². The number of hydrogen-bond donors (Lipinski definition) is 1. The van der Waals surface area contributed by atoms with Crippen molar-refractivity contribution in [2.24, 2.45) is 0 Å². The number of aryl methyl sites for hydroxylation is 1. The lowest BCUT2D eigenvalue weighted by atomic mass is 10.2. The molecule has 0 saturated carbocycles. The van der Waals surface area contributed by atoms with E-state index < -0.39 is 15.8 Å². The molecule has 0 amide bonds. The van der Waals surface area contributed by atoms with Gasteiger partial charge in [-0.1, -0.05) is 12.1 Å². The Bertz CT molecular complexity index is 1150. The Morgan fingerprint density at radius 2 is 1.81 bits per heavy atom. The van der Waals surface area contributed by atoms with E-state index in [1.807, 2.05) is 36.1 Å². The molecule has 3 aromatic rings. The van der Waals surface area contributed by atoms with Gasteiger partial charge in [0.2, 0.25) is 10.0 Å². The van der Waals surface area contributed by atoms with Crippen LogP contribution in [0.25, 0.3) is 0 Å². The first kappa shape index (κ1) is 21.1. The van der Waals surface area contributed by atoms with Gasteiger partial charge in [0.15, 0.2) is 11.6 Å². The molecule has 0 spiro atoms. The molecule has 8 nitrogen and oxygen atoms in total. The van der Waals surface area contributed by atoms with Gasteiger partial charge in [-0.3, -0.25) is 0 Å². The normalized spacial score (nSPS) is 15.1. The largest absolute Gasteiger partial charge is 0.352 e. The summed E-state index contributed by atoms with van der Waals surface area (Å²) < 4.78 is 40.2. The van der Waals surface area contributed by atoms with Crippen molar-refractivity contribution in [3.63, 3.8) is 0 Å². The molecule has 0 aliphatic carbocycles. The Labute approximate surface area is 180 Å². The summed E-state index contributed by atoms with van der Waals surface area (Å²) in [4.78, 5) is 6.24. The molecule has 0 bridgehead atoms. The molecule has 1 saturated heterocycles. The van der Waals surface area contributed by atoms with Crippen LogP contribution < -0.4 is 10.2 Å². The van der Waals surface area contributed by atoms with Crippen LogP contribution in [-0.2, 0) is 15.8 Å². The van der Waals surface area contributed by atoms with Crippen LogP contribution in [0.5, 0.6) is 0 Å². The maximum atomic E-state index is 13.4. The van der Waals surface area contributed by atoms with Gasteiger partial charge < -0.3 is 10.2 Å². The number of halogens is 1. The lowest BCUT2D eigenvalue weighted by molar-refractivity contribution is 0.383. The van der Waals surface area contributed by atoms with Gasteiger partial charge in [0, 0.05) is 32.4 Å². The minimum atomic E-state index is -3.52. The number of anilines is 3. The third kappa shape index (κ3) is 5.33. The smallest absolute Gasteiger partial charge is 0.218 e. The highest BCUT2D eigenvalue weighted by molar-refractivity contribution is 7.88. The molecular formula is C21H23FN6O2S. The molecular weight excluding hydrogens is 419 g/mol. The maximum absolute atomic E-state index is 13.4. The van der Waals surface area contributed by atoms with Crippen LogP contribution in [0.4, 0.5) is 21.8 Å². The number of aromatic nitrogens is 3. The Hall–Kier alpha value is -3.11. The fourth-order valence-corrected chi connectivity index (χ4v) is 4.92. The lowest BCUT2D eigenvalue weighted by Crippen LogP contribution is -2.49. The summed E-state index contributed by atoms with van der Waals surface area (Å²) in [7, 11) is -3.52. The van der Waals surface area contributed by atoms with Gasteiger partial charge in [-0.2, -0.15) is 4.31 Å². The SMILES string of the molecule is Cc1ccnc(Nc2ccc(N3CCN(S(=O)(=O)Cc4cccc(F)c4)CC3)nn2)c1. The zero-order chi connectivity index (χ0) is 21.8. The Morgan fingerprint density at radius 3 is 2.48 bits per heavy atom. The van der Waals surface area contributed by atoms with Gasteiger partial charge in [0.25, 0.3) is 0 Å². The lowest BCUT2D eigenvalue weighted by Gasteiger charge is -2.34. The maximum Gasteiger partial charge on any atom is 0.218 e. The highest BCUT2D eigenvalue weighted by Crippen LogP contribution is 2.19. The van der Waals surface area contributed by atoms with E-state index in [2.05, 4.69) is 20.5 Å². The number of piperazine rings is 1. The fourth-order valence-electron chi connectivity index (χ4n) is 3.42. The van der Waals surface area contributed by atoms with Crippen molar-refractivity contribution >= 4 is 27.5 Å². The van der Waals surface area contributed by atoms with Gasteiger partial charge in [-0.15, -0.1) is 10.2 Å². The number of nitrogens with one attached hydrogen (secondary N) is 1. The molecule has 10 heteroatoms. The zero-order valence-electron chi connectivity index (χ0n) is 17.1. The standard InChI is InChI=1S/C21H23FN6O2S/c1-16-7-8-23-20(13-16)24-19-5-6-21(26-25-19)27-9-11-28(12-10-27)31(29,30)15-17-3-2-4-18(22)14-17/h2-8,13-14H,9-12,15H2,1H3,(H,23,24,25). The van der Waals surface area contributed by atoms with Gasteiger partial charge >= 0.3 is 0 Å². The Kier molecular flexibility index (Phi) is 6.10. The van der Waals surface area contributed by atoms with Crippen LogP contribution in [0, 0.1) is 12.7 Å². The summed E-state index contributed by atoms with van der Waals surface area (Å²) in [6, 6.07) is 13.2. The van der Waals surface area contributed by atoms with Crippen molar-refractivity contribution < 1.29 is 12.8 Å². The van der Waals surface area contributed by atoms with Crippen LogP contribution >= 0.6 is 0 Å². The molecule has 4 rings (SSSR count). The minimum Gasteiger partial charge on any atom is -0.352 e. The van der Waals surface area contributed by atoms with Crippen molar-refractivity contribution in [1.82, 2.24) is 19.5 Å². The predicted octanol–water partition coefficient (Wildman–Crippen LogP) is 2.71. The highest BCUT2D eigenvalue weighted by Gasteiger charge is 2.27. The molecule has 0 radical (unpaired) electrons. The molecule has 31 heavy (non-hydrogen) atoms. The van der Waals surface area contributed by atoms with Crippen molar-refractivity contribution in [2.45, 2.75) is 12.7 Å². The van der Waals surface area contributed by atoms with E-state index in [0.717, 1.165) is 5.56 Å². The molecule has 2 aromatic heterocycles. The Balaban J connectivity index is 1.35. The second-order valence-corrected chi connectivity index (χ2v) is 9.36. The van der Waals surface area contributed by atoms with Crippen molar-refractivity contribution in [1.29, 1.82) is 0 Å². The summed E-state index contributed by atoms with van der Waals surface area (Å²) in [5.41, 5.74) is 1.53. The zero-order valence-corrected chi connectivity index (χ0v) is 17.9. The second kappa shape index (κ2) is 8.94. The third-order valence-corrected chi connectivity index (χ3v) is 6.87. The van der Waals surface area contributed by atoms with Crippen LogP contribution in [0.15, 0.2) is 54.7 Å². The van der Waals surface area contributed by atoms with Crippen LogP contribution in [0.1, 0.15) is 11.1 Å². The summed E-state index contributed by atoms with van der Waals surface area (Å²) in [6.45, 7) is 3.67. The van der Waals surface area contributed by atoms with E-state index >= 15 is 0 Å². The van der Waals surface area contributed by atoms with Gasteiger partial charge in [-0.05, 0) is 54.4 Å². The highest BCUT2D eigenvalue weighted by atomic mass is 32.2. The van der Waals surface area contributed by atoms with Gasteiger partial charge in [0.05, 0.1) is 5.75 Å². The van der Waals surface area contributed by atoms with E-state index in [0.29, 0.717) is 49.2 Å². The molecule has 1 aliphatic rings. The first-order chi connectivity index (χ1) is 14.9. The summed E-state index contributed by atoms with van der Waals surface area (Å²) in [5.74, 6) is 1.31. The predicted molar refractivity (Wildman–Crippen MR) is 117 cm³/mol. The van der Waals surface area contributed by atoms with E-state index in [-0.39, 0.29) is 5.75 Å². The molecule has 1 aromatic carbocycles. The number of pyridine rings is 1. The van der Waals surface area contributed by atoms with E-state index in [9.17, 15) is 12.8 Å². The number of nitrogens with zero attached hydrogens (tertiary/aromatic N) is 5. The first-order valence-electron chi connectivity index (χ1n) is 9.90. The van der Waals surface area contributed by atoms with E-state index in [4.69, 9.17) is 0 Å². The monoisotopic (exact) mass is 442 g/mol. The van der Waals surface area contributed by atoms with E-state index in [1.165, 1.54) is 22.5 Å². The number of rotatable bonds is 6. The second-order valence-electron chi connectivity index (χ2n) is 7.39. The van der Waals surface area contributed by atoms with Gasteiger partial charge in [0.1, 0.15) is 11.6 Å². The molecule has 1 fully saturated rings. The summed E-state index contributed by atoms with van der Waals surface area (Å²) in [5, 5.41) is 11.6. The van der Waals surface area contributed by atoms with Crippen molar-refractivity contribution in [3.05, 3.63) is 71.7 Å². The minimum absolute atomic E-state index is 0.210. The molecule has 1 N–H and O–H groups in total. The fraction of sp³-hybridized carbons (Fsp3) is 0.286. The van der Waals surface area contributed by atoms with E-state index in [1.54, 1.807) is 12.3 Å². The van der Waals surface area contributed by atoms with Crippen molar-refractivity contribution in [2.75, 3.05) is 36.4 Å². The number of hydrogen-bond acceptors (Lipinski definition) is 7. The quantitative estimate of drug-likeness (QED) is 0.628. The molecule has 1 aliphatic heterocycles. The van der Waals surface area contributed by atoms with Gasteiger partial charge in [-0.25, -0.2) is 17.8 Å². The molecule has 3 heterocycles. The van der Waals surface area contributed by atoms with Crippen LogP contribution in [0.2, 0.25) is 0 Å². The topological polar surface area (TPSA) is 91.3 Å². The number of benzene rings is 1. The molecule has 0 atom stereocenters. The molecule has 0 unspecified atom stereocenters. The molecule has 162 valence electrons. The summed E-state index contributed by atoms with van der Waals surface area (Å²) >= 11 is 0. The number of sulfonamides is 1. The van der Waals surface area contributed by atoms with Crippen LogP contribution in [0.3, 0.4) is 0 Å². The third-order valence-electron chi connectivity index (χ3n) is 5.02. The summed E-state index contributed by atoms with van der Waals surface area (Å²) in [6.07, 6.45) is 1.72. The Morgan fingerprint density at radius 1 is 1.00 bits per heavy atom. The average Bonchev–Trinajstić information content (AvgIpc) is 2.74. The van der Waals surface area contributed by atoms with Crippen molar-refractivity contribution in [3.8, 4) is 0 Å². The average molecular weight is 443 g/mol. The first-order valence-corrected chi connectivity index (χ1v) is 11.5.